The minimum Gasteiger partial charge on any atom is -0.423 e. The monoisotopic (exact) mass is 704 g/mol. The molecule has 3 aliphatic heterocycles. The SMILES string of the molecule is CCCCCCC1NCc2cc(c(C)cc2C)CNC(CCCCCC)c2nc(c(N3CCOCC3)o2)CCCc2nc1oc2N1CCOCC1. The second kappa shape index (κ2) is 19.2. The van der Waals surface area contributed by atoms with E-state index in [9.17, 15) is 0 Å². The van der Waals surface area contributed by atoms with Crippen molar-refractivity contribution in [1.82, 2.24) is 20.6 Å². The van der Waals surface area contributed by atoms with E-state index in [4.69, 9.17) is 28.3 Å². The number of morpholine rings is 2. The zero-order chi connectivity index (χ0) is 35.4. The van der Waals surface area contributed by atoms with Gasteiger partial charge in [-0.3, -0.25) is 0 Å². The van der Waals surface area contributed by atoms with E-state index in [1.807, 2.05) is 0 Å². The van der Waals surface area contributed by atoms with Crippen molar-refractivity contribution in [3.05, 3.63) is 57.6 Å². The van der Waals surface area contributed by atoms with Crippen LogP contribution in [0.15, 0.2) is 21.0 Å². The van der Waals surface area contributed by atoms with Crippen LogP contribution < -0.4 is 20.4 Å². The van der Waals surface area contributed by atoms with Crippen LogP contribution in [-0.2, 0) is 35.4 Å². The molecule has 6 bridgehead atoms. The summed E-state index contributed by atoms with van der Waals surface area (Å²) in [6.45, 7) is 16.7. The van der Waals surface area contributed by atoms with Gasteiger partial charge in [0.25, 0.3) is 0 Å². The van der Waals surface area contributed by atoms with Gasteiger partial charge in [0, 0.05) is 39.3 Å². The first kappa shape index (κ1) is 37.8. The zero-order valence-electron chi connectivity index (χ0n) is 32.0. The van der Waals surface area contributed by atoms with E-state index in [2.05, 4.69) is 60.3 Å². The van der Waals surface area contributed by atoms with Gasteiger partial charge in [0.05, 0.1) is 38.5 Å². The molecule has 6 rings (SSSR count). The third-order valence-electron chi connectivity index (χ3n) is 11.0. The average Bonchev–Trinajstić information content (AvgIpc) is 3.77. The van der Waals surface area contributed by atoms with Crippen molar-refractivity contribution < 1.29 is 18.3 Å². The Labute approximate surface area is 306 Å². The van der Waals surface area contributed by atoms with Gasteiger partial charge in [-0.25, -0.2) is 9.97 Å². The molecule has 10 heteroatoms. The van der Waals surface area contributed by atoms with Gasteiger partial charge in [0.1, 0.15) is 11.4 Å². The summed E-state index contributed by atoms with van der Waals surface area (Å²) in [7, 11) is 0. The van der Waals surface area contributed by atoms with Gasteiger partial charge in [-0.2, -0.15) is 0 Å². The molecule has 3 aromatic rings. The maximum absolute atomic E-state index is 6.79. The Morgan fingerprint density at radius 1 is 0.627 bits per heavy atom. The molecule has 2 aromatic heterocycles. The molecule has 0 amide bonds. The highest BCUT2D eigenvalue weighted by Crippen LogP contribution is 2.33. The molecule has 0 spiro atoms. The van der Waals surface area contributed by atoms with Gasteiger partial charge in [0.2, 0.25) is 23.5 Å². The summed E-state index contributed by atoms with van der Waals surface area (Å²) in [5.41, 5.74) is 7.38. The Bertz CT molecular complexity index is 1390. The van der Waals surface area contributed by atoms with Gasteiger partial charge in [-0.05, 0) is 68.2 Å². The number of rotatable bonds is 12. The van der Waals surface area contributed by atoms with Crippen LogP contribution in [0.3, 0.4) is 0 Å². The number of oxazole rings is 2. The summed E-state index contributed by atoms with van der Waals surface area (Å²) >= 11 is 0. The predicted molar refractivity (Wildman–Crippen MR) is 204 cm³/mol. The number of hydrogen-bond acceptors (Lipinski definition) is 10. The highest BCUT2D eigenvalue weighted by Gasteiger charge is 2.28. The molecule has 2 atom stereocenters. The molecule has 0 saturated carbocycles. The lowest BCUT2D eigenvalue weighted by Gasteiger charge is -2.27. The summed E-state index contributed by atoms with van der Waals surface area (Å²) < 4.78 is 25.0. The maximum Gasteiger partial charge on any atom is 0.219 e. The highest BCUT2D eigenvalue weighted by molar-refractivity contribution is 5.44. The molecule has 0 aliphatic carbocycles. The van der Waals surface area contributed by atoms with Crippen molar-refractivity contribution in [3.8, 4) is 0 Å². The molecular weight excluding hydrogens is 640 g/mol. The van der Waals surface area contributed by atoms with Crippen LogP contribution in [-0.4, -0.2) is 62.6 Å². The molecule has 1 aromatic carbocycles. The summed E-state index contributed by atoms with van der Waals surface area (Å²) in [6.07, 6.45) is 14.3. The van der Waals surface area contributed by atoms with E-state index in [1.54, 1.807) is 0 Å². The van der Waals surface area contributed by atoms with E-state index in [0.29, 0.717) is 26.4 Å². The molecule has 3 aliphatic rings. The Kier molecular flexibility index (Phi) is 14.3. The second-order valence-electron chi connectivity index (χ2n) is 14.9. The Hall–Kier alpha value is -2.92. The molecular formula is C41H64N6O4. The minimum absolute atomic E-state index is 0.0510. The normalized spacial score (nSPS) is 20.7. The maximum atomic E-state index is 6.79. The summed E-state index contributed by atoms with van der Waals surface area (Å²) in [5, 5.41) is 7.86. The van der Waals surface area contributed by atoms with Crippen LogP contribution in [0.5, 0.6) is 0 Å². The summed E-state index contributed by atoms with van der Waals surface area (Å²) in [6, 6.07) is 4.85. The second-order valence-corrected chi connectivity index (χ2v) is 14.9. The smallest absolute Gasteiger partial charge is 0.219 e. The fourth-order valence-electron chi connectivity index (χ4n) is 7.77. The Morgan fingerprint density at radius 3 is 1.51 bits per heavy atom. The van der Waals surface area contributed by atoms with Crippen LogP contribution in [0.25, 0.3) is 0 Å². The van der Waals surface area contributed by atoms with Crippen LogP contribution in [0.2, 0.25) is 0 Å². The number of fused-ring (bicyclic) bond motifs is 6. The molecule has 5 heterocycles. The zero-order valence-corrected chi connectivity index (χ0v) is 32.0. The number of hydrogen-bond donors (Lipinski definition) is 2. The molecule has 0 radical (unpaired) electrons. The van der Waals surface area contributed by atoms with Crippen molar-refractivity contribution in [2.75, 3.05) is 62.4 Å². The molecule has 282 valence electrons. The van der Waals surface area contributed by atoms with Crippen molar-refractivity contribution in [2.24, 2.45) is 0 Å². The van der Waals surface area contributed by atoms with Gasteiger partial charge in [-0.15, -0.1) is 0 Å². The number of ether oxygens (including phenoxy) is 2. The number of nitrogens with one attached hydrogen (secondary N) is 2. The van der Waals surface area contributed by atoms with Gasteiger partial charge >= 0.3 is 0 Å². The topological polar surface area (TPSA) is 101 Å². The summed E-state index contributed by atoms with van der Waals surface area (Å²) in [5.74, 6) is 3.48. The van der Waals surface area contributed by atoms with E-state index in [-0.39, 0.29) is 12.1 Å². The van der Waals surface area contributed by atoms with Crippen LogP contribution in [0.1, 0.15) is 142 Å². The van der Waals surface area contributed by atoms with E-state index in [0.717, 1.165) is 119 Å². The van der Waals surface area contributed by atoms with Crippen molar-refractivity contribution >= 4 is 11.8 Å². The molecule has 10 nitrogen and oxygen atoms in total. The van der Waals surface area contributed by atoms with Crippen LogP contribution in [0, 0.1) is 13.8 Å². The van der Waals surface area contributed by atoms with Gasteiger partial charge in [-0.1, -0.05) is 77.3 Å². The number of nitrogens with zero attached hydrogens (tertiary/aromatic N) is 4. The number of aryl methyl sites for hydroxylation is 4. The van der Waals surface area contributed by atoms with Crippen molar-refractivity contribution in [3.63, 3.8) is 0 Å². The Morgan fingerprint density at radius 2 is 1.08 bits per heavy atom. The molecule has 2 saturated heterocycles. The van der Waals surface area contributed by atoms with Gasteiger partial charge in [0.15, 0.2) is 0 Å². The lowest BCUT2D eigenvalue weighted by Crippen LogP contribution is -2.36. The average molecular weight is 705 g/mol. The lowest BCUT2D eigenvalue weighted by atomic mass is 9.98. The van der Waals surface area contributed by atoms with Crippen LogP contribution >= 0.6 is 0 Å². The first-order chi connectivity index (χ1) is 25.0. The first-order valence-corrected chi connectivity index (χ1v) is 20.2. The predicted octanol–water partition coefficient (Wildman–Crippen LogP) is 8.04. The standard InChI is InChI=1S/C41H64N6O4/c1-5-7-9-11-14-34-38-44-36(40(50-38)46-18-22-48-23-19-46)16-13-17-37-41(47-20-24-49-25-21-47)51-39(45-37)35(15-12-10-8-6-2)43-29-33-27-32(28-42-34)30(3)26-31(33)4/h26-27,34-35,42-43H,5-25,28-29H2,1-4H3. The van der Waals surface area contributed by atoms with E-state index in [1.165, 1.54) is 60.8 Å². The number of unbranched alkanes of at least 4 members (excludes halogenated alkanes) is 6. The number of anilines is 2. The van der Waals surface area contributed by atoms with Crippen molar-refractivity contribution in [2.45, 2.75) is 136 Å². The minimum atomic E-state index is 0.0510. The summed E-state index contributed by atoms with van der Waals surface area (Å²) in [4.78, 5) is 15.3. The molecule has 2 unspecified atom stereocenters. The highest BCUT2D eigenvalue weighted by atomic mass is 16.5. The molecule has 2 fully saturated rings. The third-order valence-corrected chi connectivity index (χ3v) is 11.0. The number of aromatic nitrogens is 2. The fourth-order valence-corrected chi connectivity index (χ4v) is 7.77. The Balaban J connectivity index is 1.36. The molecule has 2 N–H and O–H groups in total. The first-order valence-electron chi connectivity index (χ1n) is 20.2. The number of benzene rings is 1. The third kappa shape index (κ3) is 10.2. The lowest BCUT2D eigenvalue weighted by molar-refractivity contribution is 0.120. The van der Waals surface area contributed by atoms with Crippen LogP contribution in [0.4, 0.5) is 11.8 Å². The van der Waals surface area contributed by atoms with Crippen molar-refractivity contribution in [1.29, 1.82) is 0 Å². The largest absolute Gasteiger partial charge is 0.423 e. The van der Waals surface area contributed by atoms with E-state index >= 15 is 0 Å². The van der Waals surface area contributed by atoms with E-state index < -0.39 is 0 Å². The quantitative estimate of drug-likeness (QED) is 0.180. The fraction of sp³-hybridized carbons (Fsp3) is 0.707. The van der Waals surface area contributed by atoms with Gasteiger partial charge < -0.3 is 38.7 Å². The molecule has 51 heavy (non-hydrogen) atoms.